The Morgan fingerprint density at radius 3 is 2.48 bits per heavy atom. The first kappa shape index (κ1) is 18.8. The highest BCUT2D eigenvalue weighted by Crippen LogP contribution is 2.25. The zero-order chi connectivity index (χ0) is 18.6. The minimum absolute atomic E-state index is 0.104. The van der Waals surface area contributed by atoms with Crippen LogP contribution in [0.5, 0.6) is 0 Å². The molecule has 1 aromatic carbocycles. The molecule has 3 aliphatic heterocycles. The fraction of sp³-hybridized carbons (Fsp3) is 0.682. The van der Waals surface area contributed by atoms with E-state index in [9.17, 15) is 4.79 Å². The second-order valence-corrected chi connectivity index (χ2v) is 8.55. The smallest absolute Gasteiger partial charge is 0.253 e. The van der Waals surface area contributed by atoms with Crippen LogP contribution in [0.15, 0.2) is 24.3 Å². The van der Waals surface area contributed by atoms with Crippen LogP contribution < -0.4 is 10.2 Å². The Labute approximate surface area is 163 Å². The van der Waals surface area contributed by atoms with Gasteiger partial charge < -0.3 is 15.1 Å². The molecule has 3 heterocycles. The molecule has 27 heavy (non-hydrogen) atoms. The zero-order valence-corrected chi connectivity index (χ0v) is 16.7. The number of hydrogen-bond donors (Lipinski definition) is 1. The molecule has 5 nitrogen and oxygen atoms in total. The molecule has 0 saturated carbocycles. The summed E-state index contributed by atoms with van der Waals surface area (Å²) in [6.07, 6.45) is 7.25. The molecule has 148 valence electrons. The number of benzene rings is 1. The normalized spacial score (nSPS) is 25.7. The minimum atomic E-state index is 0.104. The molecule has 1 N–H and O–H groups in total. The number of carbonyl (C=O) groups is 1. The van der Waals surface area contributed by atoms with Crippen molar-refractivity contribution >= 4 is 11.6 Å². The molecule has 0 aromatic heterocycles. The summed E-state index contributed by atoms with van der Waals surface area (Å²) in [6.45, 7) is 6.72. The molecule has 3 fully saturated rings. The van der Waals surface area contributed by atoms with Crippen molar-refractivity contribution in [2.45, 2.75) is 50.6 Å². The molecule has 1 atom stereocenters. The highest BCUT2D eigenvalue weighted by atomic mass is 16.1. The van der Waals surface area contributed by atoms with Crippen LogP contribution in [0.2, 0.25) is 0 Å². The number of para-hydroxylation sites is 1. The summed E-state index contributed by atoms with van der Waals surface area (Å²) in [5, 5.41) is 3.36. The molecular weight excluding hydrogens is 336 g/mol. The number of anilines is 1. The maximum atomic E-state index is 13.1. The van der Waals surface area contributed by atoms with Crippen LogP contribution in [0.4, 0.5) is 5.69 Å². The van der Waals surface area contributed by atoms with Crippen molar-refractivity contribution in [2.75, 3.05) is 51.2 Å². The largest absolute Gasteiger partial charge is 0.371 e. The van der Waals surface area contributed by atoms with E-state index >= 15 is 0 Å². The van der Waals surface area contributed by atoms with Gasteiger partial charge in [-0.05, 0) is 77.3 Å². The van der Waals surface area contributed by atoms with Crippen LogP contribution >= 0.6 is 0 Å². The Morgan fingerprint density at radius 1 is 0.963 bits per heavy atom. The fourth-order valence-electron chi connectivity index (χ4n) is 4.98. The number of rotatable bonds is 4. The average Bonchev–Trinajstić information content (AvgIpc) is 3.23. The lowest BCUT2D eigenvalue weighted by atomic mass is 9.98. The number of nitrogens with zero attached hydrogens (tertiary/aromatic N) is 3. The van der Waals surface area contributed by atoms with E-state index in [1.807, 2.05) is 18.2 Å². The first-order valence-corrected chi connectivity index (χ1v) is 10.8. The lowest BCUT2D eigenvalue weighted by Crippen LogP contribution is -2.53. The van der Waals surface area contributed by atoms with Gasteiger partial charge in [-0.3, -0.25) is 9.69 Å². The van der Waals surface area contributed by atoms with Gasteiger partial charge in [-0.1, -0.05) is 12.1 Å². The number of amides is 1. The fourth-order valence-corrected chi connectivity index (χ4v) is 4.98. The van der Waals surface area contributed by atoms with Gasteiger partial charge >= 0.3 is 0 Å². The first-order valence-electron chi connectivity index (χ1n) is 10.8. The van der Waals surface area contributed by atoms with Gasteiger partial charge in [-0.2, -0.15) is 0 Å². The van der Waals surface area contributed by atoms with Gasteiger partial charge in [0, 0.05) is 37.4 Å². The van der Waals surface area contributed by atoms with Crippen molar-refractivity contribution in [1.29, 1.82) is 0 Å². The van der Waals surface area contributed by atoms with Gasteiger partial charge in [-0.25, -0.2) is 0 Å². The summed E-state index contributed by atoms with van der Waals surface area (Å²) in [7, 11) is 2.22. The molecule has 1 amide bonds. The highest BCUT2D eigenvalue weighted by Gasteiger charge is 2.29. The summed E-state index contributed by atoms with van der Waals surface area (Å²) >= 11 is 0. The van der Waals surface area contributed by atoms with Crippen molar-refractivity contribution < 1.29 is 4.79 Å². The van der Waals surface area contributed by atoms with Gasteiger partial charge in [-0.15, -0.1) is 0 Å². The molecule has 3 aliphatic rings. The van der Waals surface area contributed by atoms with Crippen molar-refractivity contribution in [3.8, 4) is 0 Å². The van der Waals surface area contributed by atoms with Crippen molar-refractivity contribution in [1.82, 2.24) is 15.1 Å². The van der Waals surface area contributed by atoms with Crippen LogP contribution in [-0.2, 0) is 0 Å². The Bertz CT molecular complexity index is 635. The van der Waals surface area contributed by atoms with Crippen LogP contribution in [0.25, 0.3) is 0 Å². The van der Waals surface area contributed by atoms with E-state index in [1.54, 1.807) is 0 Å². The average molecular weight is 371 g/mol. The van der Waals surface area contributed by atoms with Crippen LogP contribution in [0, 0.1) is 0 Å². The standard InChI is InChI=1S/C22H34N4O/c1-24-15-10-19(11-16-24)26-14-6-7-18(17-26)23-22(27)20-8-2-3-9-21(20)25-12-4-5-13-25/h2-3,8-9,18-19H,4-7,10-17H2,1H3,(H,23,27). The summed E-state index contributed by atoms with van der Waals surface area (Å²) in [4.78, 5) is 20.5. The Hall–Kier alpha value is -1.59. The van der Waals surface area contributed by atoms with E-state index in [1.165, 1.54) is 51.7 Å². The number of likely N-dealkylation sites (tertiary alicyclic amines) is 2. The molecule has 0 aliphatic carbocycles. The second-order valence-electron chi connectivity index (χ2n) is 8.55. The van der Waals surface area contributed by atoms with Crippen molar-refractivity contribution in [2.24, 2.45) is 0 Å². The van der Waals surface area contributed by atoms with Crippen molar-refractivity contribution in [3.05, 3.63) is 29.8 Å². The quantitative estimate of drug-likeness (QED) is 0.884. The van der Waals surface area contributed by atoms with Gasteiger partial charge in [0.1, 0.15) is 0 Å². The molecular formula is C22H34N4O. The summed E-state index contributed by atoms with van der Waals surface area (Å²) < 4.78 is 0. The highest BCUT2D eigenvalue weighted by molar-refractivity contribution is 6.00. The Kier molecular flexibility index (Phi) is 5.98. The summed E-state index contributed by atoms with van der Waals surface area (Å²) in [6, 6.07) is 9.09. The van der Waals surface area contributed by atoms with Gasteiger partial charge in [0.2, 0.25) is 0 Å². The Balaban J connectivity index is 1.38. The van der Waals surface area contributed by atoms with Gasteiger partial charge in [0.05, 0.1) is 5.56 Å². The van der Waals surface area contributed by atoms with E-state index in [0.29, 0.717) is 6.04 Å². The number of nitrogens with one attached hydrogen (secondary N) is 1. The second kappa shape index (κ2) is 8.61. The number of carbonyl (C=O) groups excluding carboxylic acids is 1. The maximum Gasteiger partial charge on any atom is 0.253 e. The van der Waals surface area contributed by atoms with E-state index in [2.05, 4.69) is 33.1 Å². The van der Waals surface area contributed by atoms with Gasteiger partial charge in [0.25, 0.3) is 5.91 Å². The van der Waals surface area contributed by atoms with Crippen molar-refractivity contribution in [3.63, 3.8) is 0 Å². The van der Waals surface area contributed by atoms with Crippen LogP contribution in [-0.4, -0.2) is 74.1 Å². The van der Waals surface area contributed by atoms with Crippen LogP contribution in [0.3, 0.4) is 0 Å². The summed E-state index contributed by atoms with van der Waals surface area (Å²) in [5.41, 5.74) is 1.95. The monoisotopic (exact) mass is 370 g/mol. The third-order valence-corrected chi connectivity index (χ3v) is 6.59. The molecule has 0 radical (unpaired) electrons. The third kappa shape index (κ3) is 4.46. The molecule has 1 aromatic rings. The molecule has 3 saturated heterocycles. The lowest BCUT2D eigenvalue weighted by Gasteiger charge is -2.41. The zero-order valence-electron chi connectivity index (χ0n) is 16.7. The van der Waals surface area contributed by atoms with E-state index < -0.39 is 0 Å². The third-order valence-electron chi connectivity index (χ3n) is 6.59. The Morgan fingerprint density at radius 2 is 1.70 bits per heavy atom. The SMILES string of the molecule is CN1CCC(N2CCCC(NC(=O)c3ccccc3N3CCCC3)C2)CC1. The van der Waals surface area contributed by atoms with E-state index in [-0.39, 0.29) is 11.9 Å². The predicted molar refractivity (Wildman–Crippen MR) is 110 cm³/mol. The molecule has 0 bridgehead atoms. The minimum Gasteiger partial charge on any atom is -0.371 e. The topological polar surface area (TPSA) is 38.8 Å². The van der Waals surface area contributed by atoms with E-state index in [4.69, 9.17) is 0 Å². The predicted octanol–water partition coefficient (Wildman–Crippen LogP) is 2.58. The molecule has 4 rings (SSSR count). The van der Waals surface area contributed by atoms with E-state index in [0.717, 1.165) is 37.3 Å². The first-order chi connectivity index (χ1) is 13.2. The number of piperidine rings is 2. The molecule has 1 unspecified atom stereocenters. The summed E-state index contributed by atoms with van der Waals surface area (Å²) in [5.74, 6) is 0.104. The van der Waals surface area contributed by atoms with Crippen LogP contribution in [0.1, 0.15) is 48.9 Å². The van der Waals surface area contributed by atoms with Gasteiger partial charge in [0.15, 0.2) is 0 Å². The molecule has 5 heteroatoms. The lowest BCUT2D eigenvalue weighted by molar-refractivity contribution is 0.0766. The maximum absolute atomic E-state index is 13.1. The molecule has 0 spiro atoms. The number of hydrogen-bond acceptors (Lipinski definition) is 4.